The van der Waals surface area contributed by atoms with Crippen LogP contribution in [0, 0.1) is 0 Å². The van der Waals surface area contributed by atoms with Gasteiger partial charge in [0.2, 0.25) is 5.82 Å². The lowest BCUT2D eigenvalue weighted by Gasteiger charge is -2.21. The van der Waals surface area contributed by atoms with Crippen molar-refractivity contribution in [3.05, 3.63) is 42.5 Å². The molecule has 4 aromatic rings. The molecule has 126 valence electrons. The Morgan fingerprint density at radius 3 is 2.56 bits per heavy atom. The third kappa shape index (κ3) is 2.54. The van der Waals surface area contributed by atoms with Crippen molar-refractivity contribution in [2.45, 2.75) is 25.7 Å². The largest absolute Gasteiger partial charge is 0.355 e. The molecule has 1 aliphatic rings. The number of nitrogens with one attached hydrogen (secondary N) is 1. The van der Waals surface area contributed by atoms with Crippen molar-refractivity contribution in [1.82, 2.24) is 24.8 Å². The van der Waals surface area contributed by atoms with Gasteiger partial charge in [-0.15, -0.1) is 15.3 Å². The normalized spacial score (nSPS) is 15.8. The Hall–Kier alpha value is -2.89. The molecule has 6 nitrogen and oxygen atoms in total. The molecule has 0 aliphatic carbocycles. The maximum absolute atomic E-state index is 4.84. The molecule has 0 saturated carbocycles. The molecular weight excluding hydrogens is 312 g/mol. The minimum atomic E-state index is 0.753. The van der Waals surface area contributed by atoms with Crippen molar-refractivity contribution < 1.29 is 0 Å². The number of para-hydroxylation sites is 1. The molecular formula is C19H20N6. The second-order valence-electron chi connectivity index (χ2n) is 6.66. The number of anilines is 1. The number of hydrogen-bond donors (Lipinski definition) is 1. The van der Waals surface area contributed by atoms with Crippen molar-refractivity contribution in [2.75, 3.05) is 18.0 Å². The summed E-state index contributed by atoms with van der Waals surface area (Å²) in [6, 6.07) is 14.4. The van der Waals surface area contributed by atoms with E-state index < -0.39 is 0 Å². The highest BCUT2D eigenvalue weighted by atomic mass is 15.4. The van der Waals surface area contributed by atoms with Gasteiger partial charge >= 0.3 is 0 Å². The summed E-state index contributed by atoms with van der Waals surface area (Å²) < 4.78 is 1.85. The number of fused-ring (bicyclic) bond motifs is 2. The molecule has 1 aromatic carbocycles. The minimum absolute atomic E-state index is 0.753. The van der Waals surface area contributed by atoms with E-state index in [-0.39, 0.29) is 0 Å². The molecule has 3 aromatic heterocycles. The molecule has 5 rings (SSSR count). The van der Waals surface area contributed by atoms with Crippen LogP contribution in [-0.4, -0.2) is 37.9 Å². The molecule has 1 fully saturated rings. The summed E-state index contributed by atoms with van der Waals surface area (Å²) in [7, 11) is 0. The quantitative estimate of drug-likeness (QED) is 0.608. The zero-order valence-corrected chi connectivity index (χ0v) is 14.0. The first-order valence-electron chi connectivity index (χ1n) is 8.94. The van der Waals surface area contributed by atoms with Gasteiger partial charge in [-0.3, -0.25) is 0 Å². The van der Waals surface area contributed by atoms with Crippen molar-refractivity contribution in [3.63, 3.8) is 0 Å². The van der Waals surface area contributed by atoms with Crippen molar-refractivity contribution >= 4 is 22.4 Å². The Bertz CT molecular complexity index is 990. The van der Waals surface area contributed by atoms with Crippen LogP contribution in [0.1, 0.15) is 25.7 Å². The van der Waals surface area contributed by atoms with Crippen LogP contribution in [0.3, 0.4) is 0 Å². The highest BCUT2D eigenvalue weighted by molar-refractivity contribution is 5.84. The molecule has 25 heavy (non-hydrogen) atoms. The Labute approximate surface area is 145 Å². The lowest BCUT2D eigenvalue weighted by atomic mass is 10.2. The second kappa shape index (κ2) is 5.88. The van der Waals surface area contributed by atoms with E-state index in [0.717, 1.165) is 47.0 Å². The van der Waals surface area contributed by atoms with Gasteiger partial charge in [0.15, 0.2) is 5.65 Å². The third-order valence-electron chi connectivity index (χ3n) is 4.95. The number of aromatic amines is 1. The molecule has 0 atom stereocenters. The van der Waals surface area contributed by atoms with Gasteiger partial charge in [0, 0.05) is 24.0 Å². The molecule has 0 amide bonds. The minimum Gasteiger partial charge on any atom is -0.355 e. The standard InChI is InChI=1S/C19H20N6/c1-2-6-12-24(11-5-1)18-10-9-17-21-22-19(25(17)23-18)16-13-14-7-3-4-8-15(14)20-16/h3-4,7-10,13,20H,1-2,5-6,11-12H2. The molecule has 0 radical (unpaired) electrons. The Kier molecular flexibility index (Phi) is 3.40. The fourth-order valence-corrected chi connectivity index (χ4v) is 3.61. The lowest BCUT2D eigenvalue weighted by molar-refractivity contribution is 0.726. The number of benzene rings is 1. The van der Waals surface area contributed by atoms with Crippen molar-refractivity contribution in [2.24, 2.45) is 0 Å². The first-order valence-corrected chi connectivity index (χ1v) is 8.94. The fourth-order valence-electron chi connectivity index (χ4n) is 3.61. The Morgan fingerprint density at radius 1 is 0.880 bits per heavy atom. The summed E-state index contributed by atoms with van der Waals surface area (Å²) in [5, 5.41) is 14.7. The van der Waals surface area contributed by atoms with Gasteiger partial charge in [0.05, 0.1) is 5.69 Å². The monoisotopic (exact) mass is 332 g/mol. The zero-order valence-electron chi connectivity index (χ0n) is 14.0. The summed E-state index contributed by atoms with van der Waals surface area (Å²) in [6.45, 7) is 2.14. The van der Waals surface area contributed by atoms with E-state index in [2.05, 4.69) is 44.3 Å². The van der Waals surface area contributed by atoms with Crippen LogP contribution in [0.4, 0.5) is 5.82 Å². The summed E-state index contributed by atoms with van der Waals surface area (Å²) in [4.78, 5) is 5.80. The number of nitrogens with zero attached hydrogens (tertiary/aromatic N) is 5. The van der Waals surface area contributed by atoms with Crippen molar-refractivity contribution in [3.8, 4) is 11.5 Å². The van der Waals surface area contributed by atoms with Crippen molar-refractivity contribution in [1.29, 1.82) is 0 Å². The topological polar surface area (TPSA) is 62.1 Å². The predicted octanol–water partition coefficient (Wildman–Crippen LogP) is 3.65. The summed E-state index contributed by atoms with van der Waals surface area (Å²) in [5.74, 6) is 1.76. The maximum atomic E-state index is 4.84. The van der Waals surface area contributed by atoms with E-state index in [4.69, 9.17) is 5.10 Å². The maximum Gasteiger partial charge on any atom is 0.201 e. The second-order valence-corrected chi connectivity index (χ2v) is 6.66. The average molecular weight is 332 g/mol. The van der Waals surface area contributed by atoms with Crippen LogP contribution in [0.5, 0.6) is 0 Å². The first kappa shape index (κ1) is 14.5. The van der Waals surface area contributed by atoms with Crippen LogP contribution in [0.25, 0.3) is 28.1 Å². The van der Waals surface area contributed by atoms with Gasteiger partial charge in [-0.2, -0.15) is 4.52 Å². The van der Waals surface area contributed by atoms with E-state index in [0.29, 0.717) is 0 Å². The van der Waals surface area contributed by atoms with Gasteiger partial charge in [0.1, 0.15) is 5.82 Å². The molecule has 1 aliphatic heterocycles. The number of H-pyrrole nitrogens is 1. The van der Waals surface area contributed by atoms with E-state index in [9.17, 15) is 0 Å². The van der Waals surface area contributed by atoms with Gasteiger partial charge < -0.3 is 9.88 Å². The van der Waals surface area contributed by atoms with Crippen LogP contribution < -0.4 is 4.90 Å². The summed E-state index contributed by atoms with van der Waals surface area (Å²) in [5.41, 5.74) is 2.80. The van der Waals surface area contributed by atoms with E-state index in [1.165, 1.54) is 25.7 Å². The third-order valence-corrected chi connectivity index (χ3v) is 4.95. The van der Waals surface area contributed by atoms with Gasteiger partial charge in [-0.05, 0) is 37.1 Å². The molecule has 1 N–H and O–H groups in total. The molecule has 0 unspecified atom stereocenters. The van der Waals surface area contributed by atoms with Crippen LogP contribution in [0.2, 0.25) is 0 Å². The summed E-state index contributed by atoms with van der Waals surface area (Å²) >= 11 is 0. The molecule has 6 heteroatoms. The Morgan fingerprint density at radius 2 is 1.72 bits per heavy atom. The first-order chi connectivity index (χ1) is 12.4. The highest BCUT2D eigenvalue weighted by Crippen LogP contribution is 2.24. The van der Waals surface area contributed by atoms with Gasteiger partial charge in [0.25, 0.3) is 0 Å². The molecule has 1 saturated heterocycles. The smallest absolute Gasteiger partial charge is 0.201 e. The highest BCUT2D eigenvalue weighted by Gasteiger charge is 2.16. The van der Waals surface area contributed by atoms with Crippen LogP contribution in [-0.2, 0) is 0 Å². The van der Waals surface area contributed by atoms with E-state index in [1.807, 2.05) is 22.7 Å². The number of rotatable bonds is 2. The van der Waals surface area contributed by atoms with Crippen LogP contribution in [0.15, 0.2) is 42.5 Å². The molecule has 4 heterocycles. The van der Waals surface area contributed by atoms with E-state index >= 15 is 0 Å². The fraction of sp³-hybridized carbons (Fsp3) is 0.316. The number of aromatic nitrogens is 5. The molecule has 0 bridgehead atoms. The lowest BCUT2D eigenvalue weighted by Crippen LogP contribution is -2.25. The summed E-state index contributed by atoms with van der Waals surface area (Å²) in [6.07, 6.45) is 5.09. The Balaban J connectivity index is 1.60. The van der Waals surface area contributed by atoms with E-state index in [1.54, 1.807) is 0 Å². The molecule has 0 spiro atoms. The zero-order chi connectivity index (χ0) is 16.6. The SMILES string of the molecule is c1ccc2[nH]c(-c3nnc4ccc(N5CCCCCC5)nn34)cc2c1. The average Bonchev–Trinajstić information content (AvgIpc) is 3.15. The van der Waals surface area contributed by atoms with Crippen LogP contribution >= 0.6 is 0 Å². The van der Waals surface area contributed by atoms with Gasteiger partial charge in [-0.25, -0.2) is 0 Å². The predicted molar refractivity (Wildman–Crippen MR) is 98.8 cm³/mol. The van der Waals surface area contributed by atoms with Gasteiger partial charge in [-0.1, -0.05) is 31.0 Å². The number of hydrogen-bond acceptors (Lipinski definition) is 4.